The third-order valence-corrected chi connectivity index (χ3v) is 3.51. The molecule has 2 N–H and O–H groups in total. The summed E-state index contributed by atoms with van der Waals surface area (Å²) in [6.07, 6.45) is 2.48. The van der Waals surface area contributed by atoms with E-state index in [1.54, 1.807) is 36.1 Å². The zero-order valence-corrected chi connectivity index (χ0v) is 11.7. The molecule has 0 radical (unpaired) electrons. The fourth-order valence-electron chi connectivity index (χ4n) is 2.50. The number of nitrogens with zero attached hydrogens (tertiary/aromatic N) is 1. The van der Waals surface area contributed by atoms with Crippen molar-refractivity contribution in [2.75, 3.05) is 18.9 Å². The number of nitrogens with two attached hydrogens (primary N) is 1. The Balaban J connectivity index is 2.22. The van der Waals surface area contributed by atoms with Crippen LogP contribution < -0.4 is 5.73 Å². The lowest BCUT2D eigenvalue weighted by Crippen LogP contribution is -2.48. The standard InChI is InChI=1S/C15H20N2O3/c1-2-20-15(19)13-9-5-6-10-17(13)14(18)11-7-3-4-8-12(11)16/h3-4,7-8,13H,2,5-6,9-10,16H2,1H3. The van der Waals surface area contributed by atoms with Crippen LogP contribution in [0.15, 0.2) is 24.3 Å². The van der Waals surface area contributed by atoms with Crippen LogP contribution >= 0.6 is 0 Å². The summed E-state index contributed by atoms with van der Waals surface area (Å²) in [4.78, 5) is 26.2. The Bertz CT molecular complexity index is 502. The van der Waals surface area contributed by atoms with Crippen LogP contribution in [-0.2, 0) is 9.53 Å². The van der Waals surface area contributed by atoms with Crippen LogP contribution in [0, 0.1) is 0 Å². The van der Waals surface area contributed by atoms with E-state index < -0.39 is 6.04 Å². The fraction of sp³-hybridized carbons (Fsp3) is 0.467. The van der Waals surface area contributed by atoms with E-state index >= 15 is 0 Å². The predicted molar refractivity (Wildman–Crippen MR) is 76.2 cm³/mol. The van der Waals surface area contributed by atoms with Crippen LogP contribution in [0.5, 0.6) is 0 Å². The summed E-state index contributed by atoms with van der Waals surface area (Å²) in [5, 5.41) is 0. The number of piperidine rings is 1. The first-order valence-corrected chi connectivity index (χ1v) is 6.97. The number of anilines is 1. The molecule has 0 bridgehead atoms. The van der Waals surface area contributed by atoms with Gasteiger partial charge in [-0.25, -0.2) is 4.79 Å². The van der Waals surface area contributed by atoms with Gasteiger partial charge in [0.25, 0.3) is 5.91 Å². The molecule has 1 aliphatic heterocycles. The quantitative estimate of drug-likeness (QED) is 0.675. The Morgan fingerprint density at radius 2 is 2.10 bits per heavy atom. The molecule has 1 unspecified atom stereocenters. The molecular weight excluding hydrogens is 256 g/mol. The average molecular weight is 276 g/mol. The van der Waals surface area contributed by atoms with Crippen LogP contribution in [0.25, 0.3) is 0 Å². The van der Waals surface area contributed by atoms with Gasteiger partial charge in [0.15, 0.2) is 0 Å². The number of amides is 1. The molecule has 0 aliphatic carbocycles. The van der Waals surface area contributed by atoms with Crippen molar-refractivity contribution in [2.24, 2.45) is 0 Å². The first-order chi connectivity index (χ1) is 9.65. The van der Waals surface area contributed by atoms with Crippen molar-refractivity contribution in [3.8, 4) is 0 Å². The summed E-state index contributed by atoms with van der Waals surface area (Å²) in [5.41, 5.74) is 6.73. The fourth-order valence-corrected chi connectivity index (χ4v) is 2.50. The van der Waals surface area contributed by atoms with Crippen LogP contribution in [0.3, 0.4) is 0 Å². The number of carbonyl (C=O) groups is 2. The topological polar surface area (TPSA) is 72.6 Å². The Morgan fingerprint density at radius 3 is 2.80 bits per heavy atom. The number of nitrogen functional groups attached to an aromatic ring is 1. The zero-order chi connectivity index (χ0) is 14.5. The molecule has 108 valence electrons. The minimum absolute atomic E-state index is 0.194. The van der Waals surface area contributed by atoms with Crippen LogP contribution in [0.2, 0.25) is 0 Å². The van der Waals surface area contributed by atoms with Gasteiger partial charge in [-0.1, -0.05) is 12.1 Å². The maximum absolute atomic E-state index is 12.6. The van der Waals surface area contributed by atoms with Gasteiger partial charge in [-0.15, -0.1) is 0 Å². The number of carbonyl (C=O) groups excluding carboxylic acids is 2. The molecule has 0 spiro atoms. The molecule has 1 amide bonds. The van der Waals surface area contributed by atoms with Crippen molar-refractivity contribution in [1.29, 1.82) is 0 Å². The molecule has 0 aromatic heterocycles. The summed E-state index contributed by atoms with van der Waals surface area (Å²) in [6, 6.07) is 6.44. The lowest BCUT2D eigenvalue weighted by molar-refractivity contribution is -0.149. The molecule has 1 aromatic carbocycles. The number of benzene rings is 1. The van der Waals surface area contributed by atoms with Crippen molar-refractivity contribution in [3.63, 3.8) is 0 Å². The molecule has 5 nitrogen and oxygen atoms in total. The second-order valence-electron chi connectivity index (χ2n) is 4.85. The Hall–Kier alpha value is -2.04. The highest BCUT2D eigenvalue weighted by atomic mass is 16.5. The van der Waals surface area contributed by atoms with Crippen molar-refractivity contribution in [3.05, 3.63) is 29.8 Å². The normalized spacial score (nSPS) is 18.6. The van der Waals surface area contributed by atoms with Gasteiger partial charge in [-0.05, 0) is 38.3 Å². The molecule has 1 aromatic rings. The molecule has 1 heterocycles. The second kappa shape index (κ2) is 6.41. The van der Waals surface area contributed by atoms with Gasteiger partial charge < -0.3 is 15.4 Å². The summed E-state index contributed by atoms with van der Waals surface area (Å²) < 4.78 is 5.06. The predicted octanol–water partition coefficient (Wildman–Crippen LogP) is 1.83. The van der Waals surface area contributed by atoms with Crippen molar-refractivity contribution in [1.82, 2.24) is 4.90 Å². The molecule has 1 aliphatic rings. The minimum Gasteiger partial charge on any atom is -0.464 e. The molecule has 1 saturated heterocycles. The van der Waals surface area contributed by atoms with Crippen molar-refractivity contribution < 1.29 is 14.3 Å². The average Bonchev–Trinajstić information content (AvgIpc) is 2.47. The van der Waals surface area contributed by atoms with E-state index in [4.69, 9.17) is 10.5 Å². The van der Waals surface area contributed by atoms with Gasteiger partial charge in [-0.2, -0.15) is 0 Å². The summed E-state index contributed by atoms with van der Waals surface area (Å²) in [7, 11) is 0. The molecule has 0 saturated carbocycles. The number of hydrogen-bond donors (Lipinski definition) is 1. The first kappa shape index (κ1) is 14.4. The highest BCUT2D eigenvalue weighted by Gasteiger charge is 2.34. The van der Waals surface area contributed by atoms with Gasteiger partial charge in [0, 0.05) is 12.2 Å². The molecule has 20 heavy (non-hydrogen) atoms. The molecule has 5 heteroatoms. The highest BCUT2D eigenvalue weighted by molar-refractivity contribution is 6.01. The van der Waals surface area contributed by atoms with E-state index in [-0.39, 0.29) is 11.9 Å². The number of rotatable bonds is 3. The second-order valence-corrected chi connectivity index (χ2v) is 4.85. The third kappa shape index (κ3) is 2.92. The summed E-state index contributed by atoms with van der Waals surface area (Å²) in [6.45, 7) is 2.66. The number of ether oxygens (including phenoxy) is 1. The molecule has 1 fully saturated rings. The molecule has 2 rings (SSSR count). The van der Waals surface area contributed by atoms with E-state index in [1.165, 1.54) is 0 Å². The maximum atomic E-state index is 12.6. The SMILES string of the molecule is CCOC(=O)C1CCCCN1C(=O)c1ccccc1N. The van der Waals surface area contributed by atoms with Gasteiger partial charge in [0.05, 0.1) is 12.2 Å². The number of para-hydroxylation sites is 1. The Labute approximate surface area is 118 Å². The first-order valence-electron chi connectivity index (χ1n) is 6.97. The lowest BCUT2D eigenvalue weighted by atomic mass is 10.0. The van der Waals surface area contributed by atoms with Gasteiger partial charge in [0.2, 0.25) is 0 Å². The summed E-state index contributed by atoms with van der Waals surface area (Å²) >= 11 is 0. The minimum atomic E-state index is -0.490. The number of hydrogen-bond acceptors (Lipinski definition) is 4. The van der Waals surface area contributed by atoms with Gasteiger partial charge >= 0.3 is 5.97 Å². The highest BCUT2D eigenvalue weighted by Crippen LogP contribution is 2.22. The Kier molecular flexibility index (Phi) is 4.61. The largest absolute Gasteiger partial charge is 0.464 e. The molecule has 1 atom stereocenters. The summed E-state index contributed by atoms with van der Waals surface area (Å²) in [5.74, 6) is -0.518. The zero-order valence-electron chi connectivity index (χ0n) is 11.7. The van der Waals surface area contributed by atoms with E-state index in [0.29, 0.717) is 30.8 Å². The lowest BCUT2D eigenvalue weighted by Gasteiger charge is -2.34. The van der Waals surface area contributed by atoms with Crippen molar-refractivity contribution in [2.45, 2.75) is 32.2 Å². The maximum Gasteiger partial charge on any atom is 0.328 e. The van der Waals surface area contributed by atoms with Gasteiger partial charge in [0.1, 0.15) is 6.04 Å². The van der Waals surface area contributed by atoms with Crippen LogP contribution in [0.1, 0.15) is 36.5 Å². The monoisotopic (exact) mass is 276 g/mol. The van der Waals surface area contributed by atoms with E-state index in [9.17, 15) is 9.59 Å². The van der Waals surface area contributed by atoms with Crippen molar-refractivity contribution >= 4 is 17.6 Å². The van der Waals surface area contributed by atoms with E-state index in [2.05, 4.69) is 0 Å². The van der Waals surface area contributed by atoms with Crippen LogP contribution in [0.4, 0.5) is 5.69 Å². The Morgan fingerprint density at radius 1 is 1.35 bits per heavy atom. The molecular formula is C15H20N2O3. The number of esters is 1. The smallest absolute Gasteiger partial charge is 0.328 e. The number of likely N-dealkylation sites (tertiary alicyclic amines) is 1. The van der Waals surface area contributed by atoms with E-state index in [0.717, 1.165) is 12.8 Å². The van der Waals surface area contributed by atoms with Gasteiger partial charge in [-0.3, -0.25) is 4.79 Å². The van der Waals surface area contributed by atoms with Crippen LogP contribution in [-0.4, -0.2) is 36.0 Å². The van der Waals surface area contributed by atoms with E-state index in [1.807, 2.05) is 0 Å². The third-order valence-electron chi connectivity index (χ3n) is 3.51.